The summed E-state index contributed by atoms with van der Waals surface area (Å²) in [6.45, 7) is 10.7. The maximum atomic E-state index is 12.3. The van der Waals surface area contributed by atoms with Gasteiger partial charge in [-0.2, -0.15) is 0 Å². The van der Waals surface area contributed by atoms with E-state index in [-0.39, 0.29) is 11.3 Å². The summed E-state index contributed by atoms with van der Waals surface area (Å²) in [5.74, 6) is 1.37. The van der Waals surface area contributed by atoms with Crippen LogP contribution >= 0.6 is 0 Å². The molecule has 1 saturated heterocycles. The fourth-order valence-corrected chi connectivity index (χ4v) is 3.26. The van der Waals surface area contributed by atoms with E-state index in [0.29, 0.717) is 6.42 Å². The summed E-state index contributed by atoms with van der Waals surface area (Å²) in [7, 11) is 2.08. The summed E-state index contributed by atoms with van der Waals surface area (Å²) in [5, 5.41) is 0. The van der Waals surface area contributed by atoms with Crippen LogP contribution in [0.15, 0.2) is 24.3 Å². The van der Waals surface area contributed by atoms with E-state index in [2.05, 4.69) is 49.4 Å². The second-order valence-corrected chi connectivity index (χ2v) is 7.97. The van der Waals surface area contributed by atoms with Crippen molar-refractivity contribution >= 4 is 16.9 Å². The van der Waals surface area contributed by atoms with Crippen LogP contribution < -0.4 is 0 Å². The zero-order valence-corrected chi connectivity index (χ0v) is 15.2. The summed E-state index contributed by atoms with van der Waals surface area (Å²) in [5.41, 5.74) is 2.28. The first-order valence-electron chi connectivity index (χ1n) is 8.74. The van der Waals surface area contributed by atoms with Crippen LogP contribution in [0.1, 0.15) is 33.0 Å². The molecule has 24 heavy (non-hydrogen) atoms. The molecular formula is C19H28N4O. The van der Waals surface area contributed by atoms with Crippen LogP contribution in [0.3, 0.4) is 0 Å². The average molecular weight is 328 g/mol. The monoisotopic (exact) mass is 328 g/mol. The minimum atomic E-state index is 0.0568. The van der Waals surface area contributed by atoms with Gasteiger partial charge in [0.25, 0.3) is 0 Å². The first kappa shape index (κ1) is 17.0. The lowest BCUT2D eigenvalue weighted by atomic mass is 9.91. The van der Waals surface area contributed by atoms with Crippen molar-refractivity contribution in [3.63, 3.8) is 0 Å². The van der Waals surface area contributed by atoms with Gasteiger partial charge < -0.3 is 9.47 Å². The van der Waals surface area contributed by atoms with Crippen molar-refractivity contribution in [2.24, 2.45) is 12.5 Å². The van der Waals surface area contributed by atoms with Gasteiger partial charge in [0.15, 0.2) is 0 Å². The number of aryl methyl sites for hydroxylation is 1. The van der Waals surface area contributed by atoms with Crippen LogP contribution in [-0.4, -0.2) is 51.4 Å². The number of para-hydroxylation sites is 2. The number of carbonyl (C=O) groups is 1. The molecule has 130 valence electrons. The van der Waals surface area contributed by atoms with Crippen LogP contribution in [-0.2, 0) is 18.4 Å². The van der Waals surface area contributed by atoms with E-state index in [1.807, 2.05) is 17.0 Å². The molecule has 1 aromatic heterocycles. The first-order valence-corrected chi connectivity index (χ1v) is 8.74. The number of amides is 1. The predicted octanol–water partition coefficient (Wildman–Crippen LogP) is 2.65. The molecule has 0 bridgehead atoms. The molecule has 2 aromatic rings. The van der Waals surface area contributed by atoms with E-state index in [1.165, 1.54) is 5.52 Å². The number of nitrogens with zero attached hydrogens (tertiary/aromatic N) is 4. The molecule has 0 atom stereocenters. The quantitative estimate of drug-likeness (QED) is 0.870. The molecule has 0 unspecified atom stereocenters. The number of hydrogen-bond acceptors (Lipinski definition) is 3. The summed E-state index contributed by atoms with van der Waals surface area (Å²) in [6.07, 6.45) is 0.623. The largest absolute Gasteiger partial charge is 0.340 e. The van der Waals surface area contributed by atoms with Crippen LogP contribution in [0.5, 0.6) is 0 Å². The molecule has 3 rings (SSSR count). The summed E-state index contributed by atoms with van der Waals surface area (Å²) < 4.78 is 2.17. The molecule has 5 nitrogen and oxygen atoms in total. The summed E-state index contributed by atoms with van der Waals surface area (Å²) >= 11 is 0. The summed E-state index contributed by atoms with van der Waals surface area (Å²) in [4.78, 5) is 21.5. The number of fused-ring (bicyclic) bond motifs is 1. The molecule has 5 heteroatoms. The van der Waals surface area contributed by atoms with Crippen molar-refractivity contribution in [2.75, 3.05) is 26.2 Å². The van der Waals surface area contributed by atoms with Crippen molar-refractivity contribution < 1.29 is 4.79 Å². The zero-order chi connectivity index (χ0) is 17.3. The standard InChI is InChI=1S/C19H28N4O/c1-19(2,3)13-18(24)23-11-9-22(10-12-23)14-17-20-15-7-5-6-8-16(15)21(17)4/h5-8H,9-14H2,1-4H3. The molecule has 1 aliphatic heterocycles. The van der Waals surface area contributed by atoms with E-state index in [1.54, 1.807) is 0 Å². The smallest absolute Gasteiger partial charge is 0.223 e. The van der Waals surface area contributed by atoms with E-state index < -0.39 is 0 Å². The minimum Gasteiger partial charge on any atom is -0.340 e. The number of imidazole rings is 1. The Hall–Kier alpha value is -1.88. The van der Waals surface area contributed by atoms with Crippen molar-refractivity contribution in [3.8, 4) is 0 Å². The second-order valence-electron chi connectivity index (χ2n) is 7.97. The Morgan fingerprint density at radius 2 is 1.79 bits per heavy atom. The van der Waals surface area contributed by atoms with Gasteiger partial charge in [-0.3, -0.25) is 9.69 Å². The third-order valence-corrected chi connectivity index (χ3v) is 4.65. The maximum absolute atomic E-state index is 12.3. The van der Waals surface area contributed by atoms with E-state index in [0.717, 1.165) is 44.1 Å². The first-order chi connectivity index (χ1) is 11.3. The fourth-order valence-electron chi connectivity index (χ4n) is 3.26. The SMILES string of the molecule is Cn1c(CN2CCN(C(=O)CC(C)(C)C)CC2)nc2ccccc21. The molecule has 1 amide bonds. The van der Waals surface area contributed by atoms with Gasteiger partial charge in [0.1, 0.15) is 5.82 Å². The Balaban J connectivity index is 1.59. The number of benzene rings is 1. The number of piperazine rings is 1. The van der Waals surface area contributed by atoms with Crippen molar-refractivity contribution in [1.29, 1.82) is 0 Å². The summed E-state index contributed by atoms with van der Waals surface area (Å²) in [6, 6.07) is 8.24. The third-order valence-electron chi connectivity index (χ3n) is 4.65. The lowest BCUT2D eigenvalue weighted by Crippen LogP contribution is -2.49. The lowest BCUT2D eigenvalue weighted by molar-refractivity contribution is -0.134. The van der Waals surface area contributed by atoms with Crippen LogP contribution in [0, 0.1) is 5.41 Å². The van der Waals surface area contributed by atoms with Gasteiger partial charge >= 0.3 is 0 Å². The van der Waals surface area contributed by atoms with Gasteiger partial charge in [-0.15, -0.1) is 0 Å². The lowest BCUT2D eigenvalue weighted by Gasteiger charge is -2.35. The normalized spacial score (nSPS) is 16.8. The van der Waals surface area contributed by atoms with Crippen LogP contribution in [0.4, 0.5) is 0 Å². The number of rotatable bonds is 3. The Labute approximate surface area is 144 Å². The Morgan fingerprint density at radius 1 is 1.12 bits per heavy atom. The Bertz CT molecular complexity index is 721. The van der Waals surface area contributed by atoms with E-state index in [4.69, 9.17) is 4.98 Å². The molecule has 1 fully saturated rings. The highest BCUT2D eigenvalue weighted by Crippen LogP contribution is 2.21. The fraction of sp³-hybridized carbons (Fsp3) is 0.579. The number of hydrogen-bond donors (Lipinski definition) is 0. The van der Waals surface area contributed by atoms with Gasteiger partial charge in [0.05, 0.1) is 17.6 Å². The van der Waals surface area contributed by atoms with Crippen molar-refractivity contribution in [2.45, 2.75) is 33.7 Å². The average Bonchev–Trinajstić information content (AvgIpc) is 2.83. The molecule has 0 aliphatic carbocycles. The number of carbonyl (C=O) groups excluding carboxylic acids is 1. The molecule has 0 radical (unpaired) electrons. The maximum Gasteiger partial charge on any atom is 0.223 e. The molecule has 0 saturated carbocycles. The van der Waals surface area contributed by atoms with E-state index >= 15 is 0 Å². The zero-order valence-electron chi connectivity index (χ0n) is 15.2. The van der Waals surface area contributed by atoms with Crippen molar-refractivity contribution in [1.82, 2.24) is 19.4 Å². The predicted molar refractivity (Wildman–Crippen MR) is 96.6 cm³/mol. The van der Waals surface area contributed by atoms with E-state index in [9.17, 15) is 4.79 Å². The van der Waals surface area contributed by atoms with Crippen LogP contribution in [0.2, 0.25) is 0 Å². The molecule has 2 heterocycles. The number of aromatic nitrogens is 2. The highest BCUT2D eigenvalue weighted by Gasteiger charge is 2.25. The van der Waals surface area contributed by atoms with Gasteiger partial charge in [0.2, 0.25) is 5.91 Å². The van der Waals surface area contributed by atoms with Crippen LogP contribution in [0.25, 0.3) is 11.0 Å². The second kappa shape index (κ2) is 6.55. The molecule has 1 aromatic carbocycles. The van der Waals surface area contributed by atoms with Gasteiger partial charge in [-0.1, -0.05) is 32.9 Å². The van der Waals surface area contributed by atoms with Gasteiger partial charge in [-0.05, 0) is 17.5 Å². The molecule has 0 N–H and O–H groups in total. The molecule has 1 aliphatic rings. The Morgan fingerprint density at radius 3 is 2.42 bits per heavy atom. The molecular weight excluding hydrogens is 300 g/mol. The topological polar surface area (TPSA) is 41.4 Å². The highest BCUT2D eigenvalue weighted by atomic mass is 16.2. The Kier molecular flexibility index (Phi) is 4.63. The van der Waals surface area contributed by atoms with Crippen molar-refractivity contribution in [3.05, 3.63) is 30.1 Å². The third kappa shape index (κ3) is 3.78. The van der Waals surface area contributed by atoms with Gasteiger partial charge in [0, 0.05) is 39.6 Å². The highest BCUT2D eigenvalue weighted by molar-refractivity contribution is 5.77. The molecule has 0 spiro atoms. The minimum absolute atomic E-state index is 0.0568. The van der Waals surface area contributed by atoms with Gasteiger partial charge in [-0.25, -0.2) is 4.98 Å².